The van der Waals surface area contributed by atoms with Crippen LogP contribution in [0, 0.1) is 25.2 Å². The minimum absolute atomic E-state index is 0.0161. The van der Waals surface area contributed by atoms with Crippen LogP contribution in [0.1, 0.15) is 99.8 Å². The number of hydrogen-bond donors (Lipinski definition) is 2. The fraction of sp³-hybridized carbons (Fsp3) is 0.571. The molecule has 312 valence electrons. The van der Waals surface area contributed by atoms with E-state index in [-0.39, 0.29) is 42.9 Å². The molecule has 3 aromatic rings. The van der Waals surface area contributed by atoms with E-state index in [0.29, 0.717) is 66.8 Å². The van der Waals surface area contributed by atoms with Gasteiger partial charge in [0.1, 0.15) is 29.3 Å². The predicted molar refractivity (Wildman–Crippen MR) is 215 cm³/mol. The molecule has 3 amide bonds. The van der Waals surface area contributed by atoms with Crippen LogP contribution >= 0.6 is 0 Å². The Kier molecular flexibility index (Phi) is 11.6. The van der Waals surface area contributed by atoms with Crippen molar-refractivity contribution in [3.8, 4) is 17.4 Å². The highest BCUT2D eigenvalue weighted by Gasteiger charge is 2.61. The van der Waals surface area contributed by atoms with Crippen LogP contribution in [-0.4, -0.2) is 94.8 Å². The van der Waals surface area contributed by atoms with Gasteiger partial charge in [0.05, 0.1) is 42.0 Å². The zero-order valence-electron chi connectivity index (χ0n) is 34.1. The molecule has 0 spiro atoms. The van der Waals surface area contributed by atoms with Gasteiger partial charge >= 0.3 is 0 Å². The number of nitrogens with one attached hydrogen (secondary N) is 2. The number of hydrogen-bond acceptors (Lipinski definition) is 11. The Morgan fingerprint density at radius 1 is 1.03 bits per heavy atom. The Labute approximate surface area is 339 Å². The number of rotatable bonds is 10. The number of amides is 3. The number of carbonyl (C=O) groups excluding carboxylic acids is 4. The van der Waals surface area contributed by atoms with Crippen molar-refractivity contribution >= 4 is 44.4 Å². The monoisotopic (exact) mass is 818 g/mol. The van der Waals surface area contributed by atoms with Gasteiger partial charge in [-0.1, -0.05) is 25.0 Å². The van der Waals surface area contributed by atoms with Crippen molar-refractivity contribution < 1.29 is 41.8 Å². The Morgan fingerprint density at radius 2 is 1.81 bits per heavy atom. The van der Waals surface area contributed by atoms with Crippen LogP contribution in [0.2, 0.25) is 0 Å². The van der Waals surface area contributed by atoms with E-state index in [1.807, 2.05) is 52.0 Å². The third kappa shape index (κ3) is 8.57. The second kappa shape index (κ2) is 16.3. The van der Waals surface area contributed by atoms with E-state index in [4.69, 9.17) is 19.2 Å². The Bertz CT molecular complexity index is 2230. The van der Waals surface area contributed by atoms with Crippen LogP contribution in [0.25, 0.3) is 10.9 Å². The lowest BCUT2D eigenvalue weighted by atomic mass is 9.91. The lowest BCUT2D eigenvalue weighted by Crippen LogP contribution is -2.52. The molecule has 2 aliphatic carbocycles. The van der Waals surface area contributed by atoms with Crippen molar-refractivity contribution in [2.45, 2.75) is 121 Å². The van der Waals surface area contributed by atoms with Crippen LogP contribution in [-0.2, 0) is 31.5 Å². The van der Waals surface area contributed by atoms with Gasteiger partial charge in [-0.3, -0.25) is 28.6 Å². The highest BCUT2D eigenvalue weighted by Crippen LogP contribution is 2.57. The van der Waals surface area contributed by atoms with Crippen molar-refractivity contribution in [2.24, 2.45) is 18.4 Å². The number of methoxy groups -OCH3 is 1. The topological polar surface area (TPSA) is 188 Å². The normalized spacial score (nSPS) is 25.9. The minimum atomic E-state index is -3.87. The molecule has 3 fully saturated rings. The molecule has 5 atom stereocenters. The molecule has 1 saturated heterocycles. The zero-order chi connectivity index (χ0) is 41.5. The van der Waals surface area contributed by atoms with Gasteiger partial charge in [0.2, 0.25) is 27.7 Å². The van der Waals surface area contributed by atoms with E-state index < -0.39 is 56.6 Å². The minimum Gasteiger partial charge on any atom is -0.496 e. The average Bonchev–Trinajstić information content (AvgIpc) is 4.07. The Morgan fingerprint density at radius 3 is 2.50 bits per heavy atom. The third-order valence-electron chi connectivity index (χ3n) is 11.9. The quantitative estimate of drug-likeness (QED) is 0.272. The second-order valence-electron chi connectivity index (χ2n) is 16.6. The summed E-state index contributed by atoms with van der Waals surface area (Å²) in [5.74, 6) is -0.906. The summed E-state index contributed by atoms with van der Waals surface area (Å²) in [5, 5.41) is 7.31. The van der Waals surface area contributed by atoms with Crippen LogP contribution in [0.3, 0.4) is 0 Å². The fourth-order valence-electron chi connectivity index (χ4n) is 8.25. The number of aromatic nitrogens is 3. The largest absolute Gasteiger partial charge is 0.496 e. The number of ketones is 1. The highest BCUT2D eigenvalue weighted by atomic mass is 32.2. The molecule has 4 aliphatic rings. The van der Waals surface area contributed by atoms with Crippen molar-refractivity contribution in [1.82, 2.24) is 29.7 Å². The first kappa shape index (κ1) is 41.2. The molecule has 0 bridgehead atoms. The van der Waals surface area contributed by atoms with Crippen molar-refractivity contribution in [3.63, 3.8) is 0 Å². The van der Waals surface area contributed by atoms with Gasteiger partial charge in [0.25, 0.3) is 5.91 Å². The lowest BCUT2D eigenvalue weighted by Gasteiger charge is -2.29. The van der Waals surface area contributed by atoms with Crippen LogP contribution in [0.4, 0.5) is 0 Å². The molecular weight excluding hydrogens is 765 g/mol. The first-order valence-corrected chi connectivity index (χ1v) is 21.8. The second-order valence-corrected chi connectivity index (χ2v) is 18.5. The average molecular weight is 819 g/mol. The van der Waals surface area contributed by atoms with Gasteiger partial charge in [-0.05, 0) is 90.3 Å². The molecule has 7 rings (SSSR count). The Balaban J connectivity index is 1.23. The molecule has 1 aromatic carbocycles. The van der Waals surface area contributed by atoms with Gasteiger partial charge in [0, 0.05) is 42.6 Å². The lowest BCUT2D eigenvalue weighted by molar-refractivity contribution is -0.140. The van der Waals surface area contributed by atoms with Crippen molar-refractivity contribution in [3.05, 3.63) is 53.4 Å². The third-order valence-corrected chi connectivity index (χ3v) is 13.7. The summed E-state index contributed by atoms with van der Waals surface area (Å²) in [6.45, 7) is 7.52. The van der Waals surface area contributed by atoms with Crippen molar-refractivity contribution in [1.29, 1.82) is 0 Å². The molecule has 0 unspecified atom stereocenters. The number of nitrogens with zero attached hydrogens (tertiary/aromatic N) is 4. The van der Waals surface area contributed by atoms with E-state index in [1.165, 1.54) is 4.90 Å². The zero-order valence-corrected chi connectivity index (χ0v) is 34.9. The Hall–Kier alpha value is -4.99. The van der Waals surface area contributed by atoms with E-state index in [9.17, 15) is 27.6 Å². The maximum atomic E-state index is 14.8. The number of allylic oxidation sites excluding steroid dienone is 2. The molecule has 2 N–H and O–H groups in total. The first-order valence-electron chi connectivity index (χ1n) is 20.3. The van der Waals surface area contributed by atoms with E-state index in [0.717, 1.165) is 24.1 Å². The number of ether oxygens (including phenoxy) is 3. The number of Topliss-reactive ketones (excluding diaryl/α,β-unsaturated/α-hetero) is 1. The number of pyridine rings is 1. The first-order chi connectivity index (χ1) is 27.6. The van der Waals surface area contributed by atoms with Crippen LogP contribution < -0.4 is 24.2 Å². The summed E-state index contributed by atoms with van der Waals surface area (Å²) >= 11 is 0. The molecule has 4 heterocycles. The van der Waals surface area contributed by atoms with Gasteiger partial charge in [-0.15, -0.1) is 0 Å². The highest BCUT2D eigenvalue weighted by molar-refractivity contribution is 7.90. The van der Waals surface area contributed by atoms with E-state index >= 15 is 0 Å². The molecule has 16 heteroatoms. The maximum Gasteiger partial charge on any atom is 0.272 e. The standard InChI is InChI=1S/C42H54N6O9S/c1-24(2)56-37-20-36(30-16-17-35(55-6)26(4)38(30)44-37)57-28-19-33-34(49)22-42(41(52)46-58(53,54)29-14-15-29)21-27(42)12-10-8-7-9-11-13-31(40(51)48(33)23-28)43-39(50)32-18-25(3)47(5)45-32/h10,12,16-18,20,24,27-29,31,33H,7-9,11,13-15,19,21-23H2,1-6H3,(H,43,50)(H,46,52)/b12-10-/t27-,28-,31+,33+,42-/m1/s1. The van der Waals surface area contributed by atoms with Gasteiger partial charge < -0.3 is 24.4 Å². The molecule has 0 radical (unpaired) electrons. The predicted octanol–water partition coefficient (Wildman–Crippen LogP) is 4.62. The number of sulfonamides is 1. The molecule has 2 aromatic heterocycles. The summed E-state index contributed by atoms with van der Waals surface area (Å²) < 4.78 is 48.1. The molecule has 15 nitrogen and oxygen atoms in total. The summed E-state index contributed by atoms with van der Waals surface area (Å²) in [4.78, 5) is 63.2. The molecular formula is C42H54N6O9S. The van der Waals surface area contributed by atoms with E-state index in [1.54, 1.807) is 31.0 Å². The number of aryl methyl sites for hydroxylation is 3. The fourth-order valence-corrected chi connectivity index (χ4v) is 9.63. The van der Waals surface area contributed by atoms with Crippen molar-refractivity contribution in [2.75, 3.05) is 13.7 Å². The molecule has 2 saturated carbocycles. The SMILES string of the molecule is COc1ccc2c(O[C@@H]3C[C@H]4C(=O)C[C@]5(C(=O)NS(=O)(=O)C6CC6)C[C@H]5/C=C\CCCCC[C@H](NC(=O)c5cc(C)n(C)n5)C(=O)N4C3)cc(OC(C)C)nc2c1C. The van der Waals surface area contributed by atoms with Crippen LogP contribution in [0.5, 0.6) is 17.4 Å². The van der Waals surface area contributed by atoms with Gasteiger partial charge in [0.15, 0.2) is 5.78 Å². The number of carbonyl (C=O) groups is 4. The summed E-state index contributed by atoms with van der Waals surface area (Å²) in [5.41, 5.74) is 1.08. The maximum absolute atomic E-state index is 14.8. The number of benzene rings is 1. The summed E-state index contributed by atoms with van der Waals surface area (Å²) in [6.07, 6.45) is 7.46. The van der Waals surface area contributed by atoms with Gasteiger partial charge in [-0.25, -0.2) is 13.4 Å². The number of fused-ring (bicyclic) bond motifs is 3. The molecule has 2 aliphatic heterocycles. The van der Waals surface area contributed by atoms with Crippen LogP contribution in [0.15, 0.2) is 36.4 Å². The summed E-state index contributed by atoms with van der Waals surface area (Å²) in [6, 6.07) is 5.03. The van der Waals surface area contributed by atoms with Gasteiger partial charge in [-0.2, -0.15) is 5.10 Å². The molecule has 58 heavy (non-hydrogen) atoms. The summed E-state index contributed by atoms with van der Waals surface area (Å²) in [7, 11) is -0.553. The smallest absolute Gasteiger partial charge is 0.272 e. The van der Waals surface area contributed by atoms with E-state index in [2.05, 4.69) is 15.1 Å².